The van der Waals surface area contributed by atoms with Gasteiger partial charge >= 0.3 is 6.09 Å². The predicted molar refractivity (Wildman–Crippen MR) is 110 cm³/mol. The Balaban J connectivity index is 1.41. The third-order valence-electron chi connectivity index (χ3n) is 6.40. The Morgan fingerprint density at radius 1 is 1.29 bits per heavy atom. The lowest BCUT2D eigenvalue weighted by molar-refractivity contribution is -0.133. The van der Waals surface area contributed by atoms with E-state index in [9.17, 15) is 18.8 Å². The van der Waals surface area contributed by atoms with Gasteiger partial charge in [0.1, 0.15) is 18.5 Å². The first kappa shape index (κ1) is 21.4. The number of amides is 3. The normalized spacial score (nSPS) is 25.5. The molecule has 3 aliphatic rings. The second kappa shape index (κ2) is 8.33. The Kier molecular flexibility index (Phi) is 5.74. The minimum Gasteiger partial charge on any atom is -0.442 e. The maximum absolute atomic E-state index is 15.0. The van der Waals surface area contributed by atoms with Crippen LogP contribution in [0.15, 0.2) is 18.2 Å². The SMILES string of the molecule is CC(=O)NCC1CN(c2ccc(N3CCC4(CCN(C(=O)CO)C4)C3)c(F)c2)C(=O)O1. The smallest absolute Gasteiger partial charge is 0.414 e. The molecular weight excluding hydrogens is 407 g/mol. The Bertz CT molecular complexity index is 897. The van der Waals surface area contributed by atoms with E-state index in [4.69, 9.17) is 9.84 Å². The van der Waals surface area contributed by atoms with Crippen LogP contribution in [0, 0.1) is 11.2 Å². The number of carbonyl (C=O) groups excluding carboxylic acids is 3. The highest BCUT2D eigenvalue weighted by Crippen LogP contribution is 2.42. The van der Waals surface area contributed by atoms with E-state index in [1.54, 1.807) is 17.0 Å². The van der Waals surface area contributed by atoms with E-state index in [0.29, 0.717) is 37.6 Å². The number of hydrogen-bond donors (Lipinski definition) is 2. The monoisotopic (exact) mass is 434 g/mol. The summed E-state index contributed by atoms with van der Waals surface area (Å²) in [6.45, 7) is 3.87. The molecule has 0 aliphatic carbocycles. The number of rotatable bonds is 5. The molecule has 1 aromatic rings. The van der Waals surface area contributed by atoms with Crippen LogP contribution < -0.4 is 15.1 Å². The third kappa shape index (κ3) is 4.30. The van der Waals surface area contributed by atoms with Crippen LogP contribution in [-0.4, -0.2) is 79.9 Å². The van der Waals surface area contributed by atoms with Gasteiger partial charge in [-0.3, -0.25) is 14.5 Å². The maximum Gasteiger partial charge on any atom is 0.414 e. The molecule has 1 spiro atoms. The van der Waals surface area contributed by atoms with E-state index >= 15 is 0 Å². The molecule has 9 nitrogen and oxygen atoms in total. The molecule has 3 aliphatic heterocycles. The van der Waals surface area contributed by atoms with Crippen molar-refractivity contribution in [3.8, 4) is 0 Å². The number of anilines is 2. The summed E-state index contributed by atoms with van der Waals surface area (Å²) in [7, 11) is 0. The zero-order chi connectivity index (χ0) is 22.2. The molecule has 2 N–H and O–H groups in total. The lowest BCUT2D eigenvalue weighted by atomic mass is 9.86. The molecule has 3 amide bonds. The molecule has 10 heteroatoms. The quantitative estimate of drug-likeness (QED) is 0.708. The van der Waals surface area contributed by atoms with Crippen molar-refractivity contribution in [3.05, 3.63) is 24.0 Å². The molecule has 31 heavy (non-hydrogen) atoms. The number of benzene rings is 1. The first-order valence-electron chi connectivity index (χ1n) is 10.5. The van der Waals surface area contributed by atoms with Gasteiger partial charge in [-0.25, -0.2) is 9.18 Å². The van der Waals surface area contributed by atoms with Crippen LogP contribution in [0.4, 0.5) is 20.6 Å². The lowest BCUT2D eigenvalue weighted by Gasteiger charge is -2.26. The van der Waals surface area contributed by atoms with Crippen LogP contribution in [0.1, 0.15) is 19.8 Å². The molecule has 3 saturated heterocycles. The molecular formula is C21H27FN4O5. The van der Waals surface area contributed by atoms with Gasteiger partial charge in [-0.1, -0.05) is 0 Å². The van der Waals surface area contributed by atoms with Crippen molar-refractivity contribution in [1.82, 2.24) is 10.2 Å². The van der Waals surface area contributed by atoms with Crippen molar-refractivity contribution in [1.29, 1.82) is 0 Å². The minimum atomic E-state index is -0.567. The van der Waals surface area contributed by atoms with Gasteiger partial charge in [0.05, 0.1) is 24.5 Å². The van der Waals surface area contributed by atoms with Crippen molar-refractivity contribution in [2.75, 3.05) is 55.7 Å². The summed E-state index contributed by atoms with van der Waals surface area (Å²) in [4.78, 5) is 40.0. The number of aliphatic hydroxyl groups excluding tert-OH is 1. The average Bonchev–Trinajstić information content (AvgIpc) is 3.45. The van der Waals surface area contributed by atoms with Crippen LogP contribution in [0.2, 0.25) is 0 Å². The number of carbonyl (C=O) groups is 3. The fourth-order valence-electron chi connectivity index (χ4n) is 4.74. The van der Waals surface area contributed by atoms with Crippen LogP contribution >= 0.6 is 0 Å². The fraction of sp³-hybridized carbons (Fsp3) is 0.571. The lowest BCUT2D eigenvalue weighted by Crippen LogP contribution is -2.35. The van der Waals surface area contributed by atoms with Crippen LogP contribution in [0.5, 0.6) is 0 Å². The summed E-state index contributed by atoms with van der Waals surface area (Å²) in [6.07, 6.45) is 0.642. The topological polar surface area (TPSA) is 102 Å². The van der Waals surface area contributed by atoms with Gasteiger partial charge in [0, 0.05) is 38.5 Å². The van der Waals surface area contributed by atoms with E-state index in [1.807, 2.05) is 4.90 Å². The molecule has 2 atom stereocenters. The van der Waals surface area contributed by atoms with Gasteiger partial charge in [0.25, 0.3) is 0 Å². The highest BCUT2D eigenvalue weighted by molar-refractivity contribution is 5.90. The number of nitrogens with one attached hydrogen (secondary N) is 1. The van der Waals surface area contributed by atoms with Crippen molar-refractivity contribution >= 4 is 29.3 Å². The Morgan fingerprint density at radius 2 is 2.06 bits per heavy atom. The largest absolute Gasteiger partial charge is 0.442 e. The summed E-state index contributed by atoms with van der Waals surface area (Å²) in [5.74, 6) is -0.895. The molecule has 0 aromatic heterocycles. The Hall–Kier alpha value is -2.88. The zero-order valence-electron chi connectivity index (χ0n) is 17.5. The van der Waals surface area contributed by atoms with Crippen LogP contribution in [0.25, 0.3) is 0 Å². The van der Waals surface area contributed by atoms with Gasteiger partial charge < -0.3 is 25.0 Å². The van der Waals surface area contributed by atoms with Crippen LogP contribution in [0.3, 0.4) is 0 Å². The third-order valence-corrected chi connectivity index (χ3v) is 6.40. The Morgan fingerprint density at radius 3 is 2.77 bits per heavy atom. The molecule has 168 valence electrons. The first-order valence-corrected chi connectivity index (χ1v) is 10.5. The molecule has 0 saturated carbocycles. The van der Waals surface area contributed by atoms with Gasteiger partial charge in [-0.05, 0) is 31.0 Å². The first-order chi connectivity index (χ1) is 14.8. The van der Waals surface area contributed by atoms with Crippen molar-refractivity contribution in [2.24, 2.45) is 5.41 Å². The second-order valence-electron chi connectivity index (χ2n) is 8.58. The van der Waals surface area contributed by atoms with Gasteiger partial charge in [0.15, 0.2) is 0 Å². The number of halogens is 1. The summed E-state index contributed by atoms with van der Waals surface area (Å²) >= 11 is 0. The second-order valence-corrected chi connectivity index (χ2v) is 8.58. The Labute approximate surface area is 179 Å². The fourth-order valence-corrected chi connectivity index (χ4v) is 4.74. The van der Waals surface area contributed by atoms with Gasteiger partial charge in [0.2, 0.25) is 11.8 Å². The van der Waals surface area contributed by atoms with Crippen molar-refractivity contribution < 1.29 is 28.6 Å². The molecule has 3 heterocycles. The molecule has 4 rings (SSSR count). The van der Waals surface area contributed by atoms with E-state index < -0.39 is 24.6 Å². The highest BCUT2D eigenvalue weighted by Gasteiger charge is 2.45. The van der Waals surface area contributed by atoms with E-state index in [0.717, 1.165) is 12.8 Å². The van der Waals surface area contributed by atoms with E-state index in [-0.39, 0.29) is 30.3 Å². The highest BCUT2D eigenvalue weighted by atomic mass is 19.1. The zero-order valence-corrected chi connectivity index (χ0v) is 17.5. The van der Waals surface area contributed by atoms with Crippen molar-refractivity contribution in [2.45, 2.75) is 25.9 Å². The summed E-state index contributed by atoms with van der Waals surface area (Å²) in [5, 5.41) is 11.7. The average molecular weight is 434 g/mol. The summed E-state index contributed by atoms with van der Waals surface area (Å²) < 4.78 is 20.2. The minimum absolute atomic E-state index is 0.0777. The number of ether oxygens (including phenoxy) is 1. The predicted octanol–water partition coefficient (Wildman–Crippen LogP) is 0.708. The number of aliphatic hydroxyl groups is 1. The molecule has 0 radical (unpaired) electrons. The van der Waals surface area contributed by atoms with Crippen molar-refractivity contribution in [3.63, 3.8) is 0 Å². The van der Waals surface area contributed by atoms with E-state index in [1.165, 1.54) is 17.9 Å². The van der Waals surface area contributed by atoms with Gasteiger partial charge in [-0.15, -0.1) is 0 Å². The molecule has 3 fully saturated rings. The van der Waals surface area contributed by atoms with Crippen LogP contribution in [-0.2, 0) is 14.3 Å². The standard InChI is InChI=1S/C21H27FN4O5/c1-14(28)23-9-16-10-26(20(30)31-16)15-2-3-18(17(22)8-15)24-6-4-21(12-24)5-7-25(13-21)19(29)11-27/h2-3,8,16,27H,4-7,9-13H2,1H3,(H,23,28). The molecule has 0 bridgehead atoms. The summed E-state index contributed by atoms with van der Waals surface area (Å²) in [6, 6.07) is 4.70. The van der Waals surface area contributed by atoms with E-state index in [2.05, 4.69) is 5.32 Å². The maximum atomic E-state index is 15.0. The van der Waals surface area contributed by atoms with Gasteiger partial charge in [-0.2, -0.15) is 0 Å². The number of likely N-dealkylation sites (tertiary alicyclic amines) is 1. The molecule has 1 aromatic carbocycles. The summed E-state index contributed by atoms with van der Waals surface area (Å²) in [5.41, 5.74) is 0.798. The number of hydrogen-bond acceptors (Lipinski definition) is 6. The molecule has 2 unspecified atom stereocenters. The number of cyclic esters (lactones) is 1. The number of nitrogens with zero attached hydrogens (tertiary/aromatic N) is 3.